The van der Waals surface area contributed by atoms with Crippen molar-refractivity contribution in [2.24, 2.45) is 5.92 Å². The normalized spacial score (nSPS) is 14.1. The van der Waals surface area contributed by atoms with Crippen LogP contribution in [0.3, 0.4) is 0 Å². The highest BCUT2D eigenvalue weighted by Gasteiger charge is 2.47. The molecule has 0 saturated heterocycles. The molecule has 11 heteroatoms. The summed E-state index contributed by atoms with van der Waals surface area (Å²) in [6.45, 7) is 10.3. The van der Waals surface area contributed by atoms with Crippen LogP contribution in [0.1, 0.15) is 59.4 Å². The first kappa shape index (κ1) is 27.9. The highest BCUT2D eigenvalue weighted by molar-refractivity contribution is 5.95. The Labute approximate surface area is 204 Å². The van der Waals surface area contributed by atoms with Gasteiger partial charge in [-0.1, -0.05) is 6.07 Å². The Morgan fingerprint density at radius 1 is 1.00 bits per heavy atom. The van der Waals surface area contributed by atoms with Crippen molar-refractivity contribution in [3.63, 3.8) is 0 Å². The van der Waals surface area contributed by atoms with E-state index in [0.717, 1.165) is 0 Å². The Bertz CT molecular complexity index is 906. The third kappa shape index (κ3) is 6.61. The minimum atomic E-state index is -1.77. The third-order valence-corrected chi connectivity index (χ3v) is 5.69. The summed E-state index contributed by atoms with van der Waals surface area (Å²) < 4.78 is 20.9. The number of hydrogen-bond donors (Lipinski definition) is 0. The Hall–Kier alpha value is -3.37. The van der Waals surface area contributed by atoms with E-state index >= 15 is 0 Å². The number of carbonyl (C=O) groups is 3. The molecule has 0 bridgehead atoms. The molecular weight excluding hydrogens is 460 g/mol. The van der Waals surface area contributed by atoms with Crippen molar-refractivity contribution in [2.75, 3.05) is 20.0 Å². The summed E-state index contributed by atoms with van der Waals surface area (Å²) in [5, 5.41) is 12.4. The monoisotopic (exact) mass is 494 g/mol. The van der Waals surface area contributed by atoms with E-state index in [2.05, 4.69) is 0 Å². The maximum atomic E-state index is 13.6. The van der Waals surface area contributed by atoms with Gasteiger partial charge >= 0.3 is 11.9 Å². The first-order chi connectivity index (χ1) is 16.5. The van der Waals surface area contributed by atoms with Crippen molar-refractivity contribution in [3.05, 3.63) is 33.9 Å². The summed E-state index contributed by atoms with van der Waals surface area (Å²) in [7, 11) is 0. The van der Waals surface area contributed by atoms with Crippen molar-refractivity contribution < 1.29 is 38.3 Å². The van der Waals surface area contributed by atoms with Crippen molar-refractivity contribution in [3.8, 4) is 11.5 Å². The smallest absolute Gasteiger partial charge is 0.320 e. The second kappa shape index (κ2) is 12.4. The van der Waals surface area contributed by atoms with Crippen LogP contribution in [-0.4, -0.2) is 65.8 Å². The number of nitrogens with zero attached hydrogens (tertiary/aromatic N) is 2. The molecule has 0 unspecified atom stereocenters. The van der Waals surface area contributed by atoms with Gasteiger partial charge in [-0.05, 0) is 65.7 Å². The van der Waals surface area contributed by atoms with Gasteiger partial charge < -0.3 is 23.8 Å². The van der Waals surface area contributed by atoms with Gasteiger partial charge in [0, 0.05) is 17.0 Å². The summed E-state index contributed by atoms with van der Waals surface area (Å²) in [5.41, 5.74) is 0.357. The predicted octanol–water partition coefficient (Wildman–Crippen LogP) is 2.92. The predicted molar refractivity (Wildman–Crippen MR) is 125 cm³/mol. The average molecular weight is 495 g/mol. The molecule has 1 aromatic carbocycles. The molecule has 35 heavy (non-hydrogen) atoms. The highest BCUT2D eigenvalue weighted by Crippen LogP contribution is 2.39. The van der Waals surface area contributed by atoms with Crippen LogP contribution in [0.5, 0.6) is 11.5 Å². The minimum absolute atomic E-state index is 0.00943. The summed E-state index contributed by atoms with van der Waals surface area (Å²) in [4.78, 5) is 52.1. The van der Waals surface area contributed by atoms with Gasteiger partial charge in [-0.3, -0.25) is 24.5 Å². The fraction of sp³-hybridized carbons (Fsp3) is 0.625. The maximum absolute atomic E-state index is 13.6. The van der Waals surface area contributed by atoms with Crippen LogP contribution in [0.25, 0.3) is 0 Å². The number of carbonyl (C=O) groups excluding carboxylic acids is 3. The second-order valence-electron chi connectivity index (χ2n) is 8.67. The SMILES string of the molecule is CCOC(=O)C(C[C@H](c1ccc2c(c1)OCO2)[C@@H](C(=O)N(C(C)C)C(C)C)[N+](=O)[O-])C(=O)OCC. The average Bonchev–Trinajstić information content (AvgIpc) is 3.23. The molecule has 0 saturated carbocycles. The fourth-order valence-electron chi connectivity index (χ4n) is 4.29. The molecule has 0 aromatic heterocycles. The number of ether oxygens (including phenoxy) is 4. The zero-order valence-corrected chi connectivity index (χ0v) is 21.0. The number of benzene rings is 1. The quantitative estimate of drug-likeness (QED) is 0.186. The molecule has 0 radical (unpaired) electrons. The number of rotatable bonds is 12. The van der Waals surface area contributed by atoms with Gasteiger partial charge in [0.15, 0.2) is 17.4 Å². The van der Waals surface area contributed by atoms with E-state index in [1.54, 1.807) is 59.7 Å². The molecule has 0 N–H and O–H groups in total. The number of hydrogen-bond acceptors (Lipinski definition) is 9. The lowest BCUT2D eigenvalue weighted by atomic mass is 9.82. The topological polar surface area (TPSA) is 135 Å². The summed E-state index contributed by atoms with van der Waals surface area (Å²) in [5.74, 6) is -4.25. The van der Waals surface area contributed by atoms with Crippen molar-refractivity contribution >= 4 is 17.8 Å². The summed E-state index contributed by atoms with van der Waals surface area (Å²) in [6, 6.07) is 2.30. The van der Waals surface area contributed by atoms with Crippen molar-refractivity contribution in [2.45, 2.75) is 72.0 Å². The van der Waals surface area contributed by atoms with Crippen LogP contribution < -0.4 is 9.47 Å². The molecule has 1 amide bonds. The summed E-state index contributed by atoms with van der Waals surface area (Å²) >= 11 is 0. The molecule has 1 heterocycles. The standard InChI is InChI=1S/C24H34N2O9/c1-7-32-23(28)18(24(29)33-8-2)12-17(16-9-10-19-20(11-16)35-13-34-19)21(26(30)31)22(27)25(14(3)4)15(5)6/h9-11,14-15,17-18,21H,7-8,12-13H2,1-6H3/t17-,21+/m1/s1. The zero-order valence-electron chi connectivity index (χ0n) is 21.0. The summed E-state index contributed by atoms with van der Waals surface area (Å²) in [6.07, 6.45) is -0.362. The molecular formula is C24H34N2O9. The third-order valence-electron chi connectivity index (χ3n) is 5.69. The van der Waals surface area contributed by atoms with Gasteiger partial charge in [-0.15, -0.1) is 0 Å². The molecule has 0 spiro atoms. The molecule has 194 valence electrons. The molecule has 0 fully saturated rings. The maximum Gasteiger partial charge on any atom is 0.320 e. The fourth-order valence-corrected chi connectivity index (χ4v) is 4.29. The van der Waals surface area contributed by atoms with Crippen molar-refractivity contribution in [1.82, 2.24) is 4.90 Å². The number of amides is 1. The lowest BCUT2D eigenvalue weighted by Gasteiger charge is -2.33. The molecule has 1 aliphatic heterocycles. The Morgan fingerprint density at radius 3 is 2.03 bits per heavy atom. The van der Waals surface area contributed by atoms with Gasteiger partial charge in [0.05, 0.1) is 19.1 Å². The van der Waals surface area contributed by atoms with E-state index in [0.29, 0.717) is 17.1 Å². The van der Waals surface area contributed by atoms with Gasteiger partial charge in [0.1, 0.15) is 0 Å². The van der Waals surface area contributed by atoms with Crippen molar-refractivity contribution in [1.29, 1.82) is 0 Å². The lowest BCUT2D eigenvalue weighted by Crippen LogP contribution is -2.52. The van der Waals surface area contributed by atoms with Crippen LogP contribution in [-0.2, 0) is 23.9 Å². The first-order valence-electron chi connectivity index (χ1n) is 11.7. The zero-order chi connectivity index (χ0) is 26.3. The van der Waals surface area contributed by atoms with Crippen LogP contribution in [0.4, 0.5) is 0 Å². The molecule has 1 aromatic rings. The van der Waals surface area contributed by atoms with E-state index in [4.69, 9.17) is 18.9 Å². The Kier molecular flexibility index (Phi) is 9.85. The second-order valence-corrected chi connectivity index (χ2v) is 8.67. The molecule has 2 rings (SSSR count). The molecule has 0 aliphatic carbocycles. The van der Waals surface area contributed by atoms with Gasteiger partial charge in [0.25, 0.3) is 11.9 Å². The first-order valence-corrected chi connectivity index (χ1v) is 11.7. The minimum Gasteiger partial charge on any atom is -0.465 e. The van der Waals surface area contributed by atoms with E-state index < -0.39 is 40.6 Å². The Balaban J connectivity index is 2.62. The van der Waals surface area contributed by atoms with Crippen LogP contribution >= 0.6 is 0 Å². The van der Waals surface area contributed by atoms with Gasteiger partial charge in [0.2, 0.25) is 6.79 Å². The number of fused-ring (bicyclic) bond motifs is 1. The number of esters is 2. The Morgan fingerprint density at radius 2 is 1.54 bits per heavy atom. The van der Waals surface area contributed by atoms with E-state index in [9.17, 15) is 24.5 Å². The molecule has 2 atom stereocenters. The van der Waals surface area contributed by atoms with Crippen LogP contribution in [0.2, 0.25) is 0 Å². The van der Waals surface area contributed by atoms with Crippen LogP contribution in [0, 0.1) is 16.0 Å². The number of nitro groups is 1. The molecule has 1 aliphatic rings. The van der Waals surface area contributed by atoms with E-state index in [1.165, 1.54) is 4.90 Å². The largest absolute Gasteiger partial charge is 0.465 e. The van der Waals surface area contributed by atoms with E-state index in [1.807, 2.05) is 0 Å². The van der Waals surface area contributed by atoms with Gasteiger partial charge in [-0.25, -0.2) is 0 Å². The highest BCUT2D eigenvalue weighted by atomic mass is 16.7. The lowest BCUT2D eigenvalue weighted by molar-refractivity contribution is -0.513. The van der Waals surface area contributed by atoms with Crippen LogP contribution in [0.15, 0.2) is 18.2 Å². The van der Waals surface area contributed by atoms with E-state index in [-0.39, 0.29) is 38.5 Å². The molecule has 11 nitrogen and oxygen atoms in total. The van der Waals surface area contributed by atoms with Gasteiger partial charge in [-0.2, -0.15) is 0 Å².